The fourth-order valence-corrected chi connectivity index (χ4v) is 2.21. The molecule has 0 aromatic heterocycles. The fraction of sp³-hybridized carbons (Fsp3) is 0.200. The van der Waals surface area contributed by atoms with Gasteiger partial charge in [-0.05, 0) is 35.2 Å². The highest BCUT2D eigenvalue weighted by Crippen LogP contribution is 2.39. The SMILES string of the molecule is N[C@@H]1C[C@@H]1c1ccc(-c2cccc(O)c2)cc1. The van der Waals surface area contributed by atoms with E-state index < -0.39 is 0 Å². The summed E-state index contributed by atoms with van der Waals surface area (Å²) in [6.45, 7) is 0. The number of hydrogen-bond donors (Lipinski definition) is 2. The molecule has 2 aromatic rings. The average Bonchev–Trinajstić information content (AvgIpc) is 3.07. The molecule has 2 nitrogen and oxygen atoms in total. The number of phenols is 1. The summed E-state index contributed by atoms with van der Waals surface area (Å²) in [4.78, 5) is 0. The van der Waals surface area contributed by atoms with E-state index in [2.05, 4.69) is 24.3 Å². The lowest BCUT2D eigenvalue weighted by molar-refractivity contribution is 0.475. The third kappa shape index (κ3) is 2.04. The van der Waals surface area contributed by atoms with Crippen molar-refractivity contribution in [3.63, 3.8) is 0 Å². The number of benzene rings is 2. The molecule has 3 rings (SSSR count). The summed E-state index contributed by atoms with van der Waals surface area (Å²) in [7, 11) is 0. The topological polar surface area (TPSA) is 46.2 Å². The van der Waals surface area contributed by atoms with Crippen LogP contribution in [0, 0.1) is 0 Å². The smallest absolute Gasteiger partial charge is 0.116 e. The molecule has 0 heterocycles. The van der Waals surface area contributed by atoms with E-state index in [0.29, 0.717) is 17.7 Å². The highest BCUT2D eigenvalue weighted by atomic mass is 16.3. The minimum absolute atomic E-state index is 0.302. The van der Waals surface area contributed by atoms with Gasteiger partial charge in [0.1, 0.15) is 5.75 Å². The molecule has 0 bridgehead atoms. The van der Waals surface area contributed by atoms with Crippen LogP contribution in [0.1, 0.15) is 17.9 Å². The Bertz CT molecular complexity index is 533. The Morgan fingerprint density at radius 1 is 1.00 bits per heavy atom. The fourth-order valence-electron chi connectivity index (χ4n) is 2.21. The molecule has 1 fully saturated rings. The van der Waals surface area contributed by atoms with Crippen LogP contribution in [0.2, 0.25) is 0 Å². The second kappa shape index (κ2) is 3.90. The molecular weight excluding hydrogens is 210 g/mol. The van der Waals surface area contributed by atoms with Gasteiger partial charge in [-0.1, -0.05) is 36.4 Å². The van der Waals surface area contributed by atoms with Crippen molar-refractivity contribution in [2.24, 2.45) is 5.73 Å². The number of aromatic hydroxyl groups is 1. The average molecular weight is 225 g/mol. The largest absolute Gasteiger partial charge is 0.508 e. The summed E-state index contributed by atoms with van der Waals surface area (Å²) >= 11 is 0. The number of hydrogen-bond acceptors (Lipinski definition) is 2. The van der Waals surface area contributed by atoms with Crippen molar-refractivity contribution in [3.8, 4) is 16.9 Å². The summed E-state index contributed by atoms with van der Waals surface area (Å²) in [5.74, 6) is 0.851. The van der Waals surface area contributed by atoms with E-state index in [4.69, 9.17) is 5.73 Å². The van der Waals surface area contributed by atoms with Gasteiger partial charge in [-0.25, -0.2) is 0 Å². The van der Waals surface area contributed by atoms with Crippen LogP contribution in [-0.2, 0) is 0 Å². The summed E-state index contributed by atoms with van der Waals surface area (Å²) < 4.78 is 0. The Morgan fingerprint density at radius 2 is 1.71 bits per heavy atom. The highest BCUT2D eigenvalue weighted by molar-refractivity contribution is 5.65. The van der Waals surface area contributed by atoms with E-state index in [1.807, 2.05) is 12.1 Å². The van der Waals surface area contributed by atoms with Crippen molar-refractivity contribution in [3.05, 3.63) is 54.1 Å². The first kappa shape index (κ1) is 10.4. The normalized spacial score (nSPS) is 22.4. The van der Waals surface area contributed by atoms with E-state index in [0.717, 1.165) is 17.5 Å². The molecule has 2 aromatic carbocycles. The Labute approximate surface area is 101 Å². The summed E-state index contributed by atoms with van der Waals surface area (Å²) in [6.07, 6.45) is 1.10. The van der Waals surface area contributed by atoms with E-state index >= 15 is 0 Å². The van der Waals surface area contributed by atoms with Gasteiger partial charge >= 0.3 is 0 Å². The Balaban J connectivity index is 1.89. The second-order valence-electron chi connectivity index (χ2n) is 4.68. The van der Waals surface area contributed by atoms with Gasteiger partial charge < -0.3 is 10.8 Å². The number of nitrogens with two attached hydrogens (primary N) is 1. The second-order valence-corrected chi connectivity index (χ2v) is 4.68. The monoisotopic (exact) mass is 225 g/mol. The predicted octanol–water partition coefficient (Wildman–Crippen LogP) is 2.87. The zero-order valence-electron chi connectivity index (χ0n) is 9.51. The molecule has 0 aliphatic heterocycles. The van der Waals surface area contributed by atoms with Crippen LogP contribution in [0.4, 0.5) is 0 Å². The Hall–Kier alpha value is -1.80. The highest BCUT2D eigenvalue weighted by Gasteiger charge is 2.34. The van der Waals surface area contributed by atoms with Gasteiger partial charge in [0.05, 0.1) is 0 Å². The van der Waals surface area contributed by atoms with Crippen LogP contribution in [-0.4, -0.2) is 11.1 Å². The van der Waals surface area contributed by atoms with Crippen molar-refractivity contribution in [2.75, 3.05) is 0 Å². The van der Waals surface area contributed by atoms with Crippen LogP contribution in [0.5, 0.6) is 5.75 Å². The number of phenolic OH excluding ortho intramolecular Hbond substituents is 1. The van der Waals surface area contributed by atoms with Gasteiger partial charge in [0.25, 0.3) is 0 Å². The molecule has 1 aliphatic rings. The van der Waals surface area contributed by atoms with Crippen molar-refractivity contribution in [2.45, 2.75) is 18.4 Å². The van der Waals surface area contributed by atoms with E-state index in [9.17, 15) is 5.11 Å². The summed E-state index contributed by atoms with van der Waals surface area (Å²) in [5.41, 5.74) is 9.32. The van der Waals surface area contributed by atoms with Gasteiger partial charge in [-0.15, -0.1) is 0 Å². The lowest BCUT2D eigenvalue weighted by Crippen LogP contribution is -2.00. The van der Waals surface area contributed by atoms with Crippen LogP contribution in [0.3, 0.4) is 0 Å². The van der Waals surface area contributed by atoms with Gasteiger partial charge in [-0.3, -0.25) is 0 Å². The third-order valence-corrected chi connectivity index (χ3v) is 3.36. The van der Waals surface area contributed by atoms with E-state index in [-0.39, 0.29) is 0 Å². The molecule has 0 saturated heterocycles. The standard InChI is InChI=1S/C15H15NO/c16-15-9-14(15)11-6-4-10(5-7-11)12-2-1-3-13(17)8-12/h1-8,14-15,17H,9,16H2/t14-,15-/m1/s1. The van der Waals surface area contributed by atoms with Gasteiger partial charge in [0.15, 0.2) is 0 Å². The minimum Gasteiger partial charge on any atom is -0.508 e. The Morgan fingerprint density at radius 3 is 2.29 bits per heavy atom. The van der Waals surface area contributed by atoms with Gasteiger partial charge in [0.2, 0.25) is 0 Å². The summed E-state index contributed by atoms with van der Waals surface area (Å²) in [5, 5.41) is 9.45. The third-order valence-electron chi connectivity index (χ3n) is 3.36. The Kier molecular flexibility index (Phi) is 2.37. The molecule has 2 atom stereocenters. The van der Waals surface area contributed by atoms with E-state index in [1.54, 1.807) is 12.1 Å². The molecule has 17 heavy (non-hydrogen) atoms. The maximum absolute atomic E-state index is 9.45. The van der Waals surface area contributed by atoms with Crippen molar-refractivity contribution in [1.82, 2.24) is 0 Å². The quantitative estimate of drug-likeness (QED) is 0.825. The summed E-state index contributed by atoms with van der Waals surface area (Å²) in [6, 6.07) is 16.1. The first-order valence-corrected chi connectivity index (χ1v) is 5.89. The van der Waals surface area contributed by atoms with Gasteiger partial charge in [-0.2, -0.15) is 0 Å². The van der Waals surface area contributed by atoms with Crippen molar-refractivity contribution in [1.29, 1.82) is 0 Å². The van der Waals surface area contributed by atoms with Crippen molar-refractivity contribution >= 4 is 0 Å². The molecule has 1 aliphatic carbocycles. The zero-order valence-corrected chi connectivity index (χ0v) is 9.51. The first-order chi connectivity index (χ1) is 8.24. The molecule has 0 spiro atoms. The van der Waals surface area contributed by atoms with Crippen LogP contribution < -0.4 is 5.73 Å². The molecule has 86 valence electrons. The van der Waals surface area contributed by atoms with Gasteiger partial charge in [0, 0.05) is 12.0 Å². The maximum atomic E-state index is 9.45. The molecule has 0 radical (unpaired) electrons. The molecule has 1 saturated carbocycles. The molecule has 0 amide bonds. The molecular formula is C15H15NO. The zero-order chi connectivity index (χ0) is 11.8. The maximum Gasteiger partial charge on any atom is 0.116 e. The van der Waals surface area contributed by atoms with Crippen molar-refractivity contribution < 1.29 is 5.11 Å². The molecule has 0 unspecified atom stereocenters. The lowest BCUT2D eigenvalue weighted by atomic mass is 10.0. The minimum atomic E-state index is 0.302. The first-order valence-electron chi connectivity index (χ1n) is 5.89. The van der Waals surface area contributed by atoms with Crippen LogP contribution in [0.15, 0.2) is 48.5 Å². The predicted molar refractivity (Wildman–Crippen MR) is 68.9 cm³/mol. The number of rotatable bonds is 2. The van der Waals surface area contributed by atoms with Crippen LogP contribution >= 0.6 is 0 Å². The molecule has 2 heteroatoms. The molecule has 3 N–H and O–H groups in total. The lowest BCUT2D eigenvalue weighted by Gasteiger charge is -2.04. The van der Waals surface area contributed by atoms with Crippen LogP contribution in [0.25, 0.3) is 11.1 Å². The van der Waals surface area contributed by atoms with E-state index in [1.165, 1.54) is 5.56 Å².